The second-order valence-electron chi connectivity index (χ2n) is 10.2. The van der Waals surface area contributed by atoms with Crippen molar-refractivity contribution in [2.24, 2.45) is 17.9 Å². The van der Waals surface area contributed by atoms with Gasteiger partial charge in [-0.3, -0.25) is 9.69 Å². The molecule has 1 aliphatic carbocycles. The number of rotatable bonds is 4. The highest BCUT2D eigenvalue weighted by Crippen LogP contribution is 2.50. The maximum absolute atomic E-state index is 13.4. The third-order valence-electron chi connectivity index (χ3n) is 7.80. The molecule has 1 amide bonds. The van der Waals surface area contributed by atoms with E-state index in [2.05, 4.69) is 61.8 Å². The third kappa shape index (κ3) is 3.35. The van der Waals surface area contributed by atoms with E-state index >= 15 is 0 Å². The Balaban J connectivity index is 1.34. The molecule has 30 heavy (non-hydrogen) atoms. The van der Waals surface area contributed by atoms with Crippen LogP contribution >= 0.6 is 0 Å². The lowest BCUT2D eigenvalue weighted by molar-refractivity contribution is -0.156. The summed E-state index contributed by atoms with van der Waals surface area (Å²) in [5.74, 6) is 1.75. The zero-order valence-corrected chi connectivity index (χ0v) is 18.3. The van der Waals surface area contributed by atoms with E-state index in [1.165, 1.54) is 24.8 Å². The fourth-order valence-electron chi connectivity index (χ4n) is 6.10. The van der Waals surface area contributed by atoms with Crippen molar-refractivity contribution in [2.45, 2.75) is 51.5 Å². The molecular weight excluding hydrogens is 374 g/mol. The van der Waals surface area contributed by atoms with Crippen LogP contribution in [0.5, 0.6) is 0 Å². The molecule has 3 heterocycles. The summed E-state index contributed by atoms with van der Waals surface area (Å²) in [7, 11) is 2.04. The minimum Gasteiger partial charge on any atom is -0.341 e. The Labute approximate surface area is 179 Å². The van der Waals surface area contributed by atoms with Crippen LogP contribution in [0.25, 0.3) is 0 Å². The summed E-state index contributed by atoms with van der Waals surface area (Å²) in [4.78, 5) is 18.0. The van der Waals surface area contributed by atoms with Crippen LogP contribution in [-0.2, 0) is 18.4 Å². The number of carbonyl (C=O) groups is 1. The van der Waals surface area contributed by atoms with Gasteiger partial charge in [-0.1, -0.05) is 56.5 Å². The lowest BCUT2D eigenvalue weighted by Crippen LogP contribution is -2.64. The molecule has 2 saturated heterocycles. The topological polar surface area (TPSA) is 54.3 Å². The van der Waals surface area contributed by atoms with E-state index in [1.807, 2.05) is 7.05 Å². The van der Waals surface area contributed by atoms with E-state index < -0.39 is 0 Å². The molecule has 1 aromatic heterocycles. The summed E-state index contributed by atoms with van der Waals surface area (Å²) in [5, 5.41) is 8.62. The molecule has 0 radical (unpaired) electrons. The summed E-state index contributed by atoms with van der Waals surface area (Å²) >= 11 is 0. The molecular formula is C24H33N5O. The highest BCUT2D eigenvalue weighted by molar-refractivity contribution is 5.83. The van der Waals surface area contributed by atoms with Gasteiger partial charge in [0.15, 0.2) is 0 Å². The number of hydrogen-bond acceptors (Lipinski definition) is 4. The Morgan fingerprint density at radius 2 is 1.83 bits per heavy atom. The van der Waals surface area contributed by atoms with Crippen LogP contribution in [0.3, 0.4) is 0 Å². The van der Waals surface area contributed by atoms with Gasteiger partial charge in [-0.15, -0.1) is 10.2 Å². The van der Waals surface area contributed by atoms with Crippen molar-refractivity contribution in [3.05, 3.63) is 48.0 Å². The molecule has 5 rings (SSSR count). The van der Waals surface area contributed by atoms with E-state index in [1.54, 1.807) is 6.33 Å². The first-order chi connectivity index (χ1) is 14.5. The second-order valence-corrected chi connectivity index (χ2v) is 10.2. The average molecular weight is 408 g/mol. The van der Waals surface area contributed by atoms with Crippen LogP contribution in [0.4, 0.5) is 0 Å². The van der Waals surface area contributed by atoms with Crippen LogP contribution < -0.4 is 0 Å². The van der Waals surface area contributed by atoms with Crippen LogP contribution in [0, 0.1) is 10.8 Å². The van der Waals surface area contributed by atoms with Gasteiger partial charge in [-0.2, -0.15) is 0 Å². The molecule has 2 aliphatic heterocycles. The standard InChI is InChI=1S/C24H33N5O/c1-23(11-7-4-8-12-23)22(30)29-16-24(17-29)15-28(13-19-9-5-3-6-10-19)14-20(24)21-26-25-18-27(21)2/h3,5-6,9-10,18,20H,4,7-8,11-17H2,1-2H3. The molecule has 1 spiro atoms. The van der Waals surface area contributed by atoms with Gasteiger partial charge in [-0.05, 0) is 18.4 Å². The number of aryl methyl sites for hydroxylation is 1. The Bertz CT molecular complexity index is 895. The van der Waals surface area contributed by atoms with E-state index in [0.717, 1.165) is 51.4 Å². The summed E-state index contributed by atoms with van der Waals surface area (Å²) < 4.78 is 2.06. The smallest absolute Gasteiger partial charge is 0.228 e. The Kier molecular flexibility index (Phi) is 4.92. The number of nitrogens with zero attached hydrogens (tertiary/aromatic N) is 5. The number of aromatic nitrogens is 3. The summed E-state index contributed by atoms with van der Waals surface area (Å²) in [6.45, 7) is 6.83. The van der Waals surface area contributed by atoms with Crippen LogP contribution in [0.15, 0.2) is 36.7 Å². The van der Waals surface area contributed by atoms with E-state index in [9.17, 15) is 4.79 Å². The van der Waals surface area contributed by atoms with Gasteiger partial charge in [0.2, 0.25) is 5.91 Å². The van der Waals surface area contributed by atoms with Crippen molar-refractivity contribution in [1.29, 1.82) is 0 Å². The van der Waals surface area contributed by atoms with Crippen molar-refractivity contribution in [3.8, 4) is 0 Å². The molecule has 1 saturated carbocycles. The first-order valence-electron chi connectivity index (χ1n) is 11.4. The van der Waals surface area contributed by atoms with Gasteiger partial charge in [0.25, 0.3) is 0 Å². The largest absolute Gasteiger partial charge is 0.341 e. The number of benzene rings is 1. The number of amides is 1. The average Bonchev–Trinajstić information content (AvgIpc) is 3.31. The van der Waals surface area contributed by atoms with E-state index in [-0.39, 0.29) is 10.8 Å². The van der Waals surface area contributed by atoms with Gasteiger partial charge in [0.05, 0.1) is 0 Å². The van der Waals surface area contributed by atoms with E-state index in [4.69, 9.17) is 0 Å². The molecule has 0 N–H and O–H groups in total. The third-order valence-corrected chi connectivity index (χ3v) is 7.80. The van der Waals surface area contributed by atoms with Crippen LogP contribution in [0.2, 0.25) is 0 Å². The Morgan fingerprint density at radius 3 is 2.50 bits per heavy atom. The normalized spacial score (nSPS) is 25.4. The molecule has 3 aliphatic rings. The summed E-state index contributed by atoms with van der Waals surface area (Å²) in [6.07, 6.45) is 7.54. The molecule has 1 aromatic carbocycles. The summed E-state index contributed by atoms with van der Waals surface area (Å²) in [6, 6.07) is 10.7. The van der Waals surface area contributed by atoms with Gasteiger partial charge in [0, 0.05) is 56.5 Å². The van der Waals surface area contributed by atoms with Crippen molar-refractivity contribution in [1.82, 2.24) is 24.6 Å². The predicted molar refractivity (Wildman–Crippen MR) is 116 cm³/mol. The molecule has 3 fully saturated rings. The first kappa shape index (κ1) is 19.7. The first-order valence-corrected chi connectivity index (χ1v) is 11.4. The van der Waals surface area contributed by atoms with Gasteiger partial charge >= 0.3 is 0 Å². The fraction of sp³-hybridized carbons (Fsp3) is 0.625. The zero-order chi connectivity index (χ0) is 20.8. The van der Waals surface area contributed by atoms with E-state index in [0.29, 0.717) is 11.8 Å². The molecule has 2 aromatic rings. The molecule has 6 heteroatoms. The highest BCUT2D eigenvalue weighted by Gasteiger charge is 2.58. The summed E-state index contributed by atoms with van der Waals surface area (Å²) in [5.41, 5.74) is 1.28. The number of hydrogen-bond donors (Lipinski definition) is 0. The predicted octanol–water partition coefficient (Wildman–Crippen LogP) is 3.21. The second kappa shape index (κ2) is 7.49. The molecule has 160 valence electrons. The maximum Gasteiger partial charge on any atom is 0.228 e. The zero-order valence-electron chi connectivity index (χ0n) is 18.3. The monoisotopic (exact) mass is 407 g/mol. The fourth-order valence-corrected chi connectivity index (χ4v) is 6.10. The van der Waals surface area contributed by atoms with Crippen molar-refractivity contribution in [3.63, 3.8) is 0 Å². The minimum absolute atomic E-state index is 0.0935. The molecule has 1 unspecified atom stereocenters. The molecule has 1 atom stereocenters. The lowest BCUT2D eigenvalue weighted by atomic mass is 9.68. The van der Waals surface area contributed by atoms with Crippen LogP contribution in [0.1, 0.15) is 56.3 Å². The highest BCUT2D eigenvalue weighted by atomic mass is 16.2. The quantitative estimate of drug-likeness (QED) is 0.781. The Hall–Kier alpha value is -2.21. The van der Waals surface area contributed by atoms with Crippen molar-refractivity contribution in [2.75, 3.05) is 26.2 Å². The van der Waals surface area contributed by atoms with Gasteiger partial charge < -0.3 is 9.47 Å². The Morgan fingerprint density at radius 1 is 1.10 bits per heavy atom. The van der Waals surface area contributed by atoms with Crippen molar-refractivity contribution < 1.29 is 4.79 Å². The number of likely N-dealkylation sites (tertiary alicyclic amines) is 2. The molecule has 0 bridgehead atoms. The maximum atomic E-state index is 13.4. The van der Waals surface area contributed by atoms with Crippen molar-refractivity contribution >= 4 is 5.91 Å². The minimum atomic E-state index is -0.150. The molecule has 6 nitrogen and oxygen atoms in total. The number of carbonyl (C=O) groups excluding carboxylic acids is 1. The van der Waals surface area contributed by atoms with Crippen LogP contribution in [-0.4, -0.2) is 56.7 Å². The SMILES string of the molecule is Cn1cnnc1C1CN(Cc2ccccc2)CC12CN(C(=O)C1(C)CCCCC1)C2. The van der Waals surface area contributed by atoms with Gasteiger partial charge in [0.1, 0.15) is 12.2 Å². The lowest BCUT2D eigenvalue weighted by Gasteiger charge is -2.53. The van der Waals surface area contributed by atoms with Gasteiger partial charge in [-0.25, -0.2) is 0 Å².